The van der Waals surface area contributed by atoms with Crippen LogP contribution in [-0.2, 0) is 6.11 Å². The van der Waals surface area contributed by atoms with Crippen molar-refractivity contribution < 1.29 is 35.8 Å². The number of ether oxygens (including phenoxy) is 2. The van der Waals surface area contributed by atoms with Crippen molar-refractivity contribution in [3.05, 3.63) is 70.8 Å². The van der Waals surface area contributed by atoms with Crippen LogP contribution in [0.15, 0.2) is 36.4 Å². The summed E-state index contributed by atoms with van der Waals surface area (Å²) < 4.78 is 95.6. The number of hydrogen-bond acceptors (Lipinski definition) is 2. The SMILES string of the molecule is CC=CC1CCC(c2ccc(OC(F)(F)c3ccc(OCC)c(F)c3F)c(F)c2F)CC1. The summed E-state index contributed by atoms with van der Waals surface area (Å²) >= 11 is 0. The van der Waals surface area contributed by atoms with Crippen molar-refractivity contribution in [2.75, 3.05) is 6.61 Å². The highest BCUT2D eigenvalue weighted by atomic mass is 19.3. The maximum absolute atomic E-state index is 14.7. The number of hydrogen-bond donors (Lipinski definition) is 0. The Morgan fingerprint density at radius 1 is 0.875 bits per heavy atom. The molecule has 1 saturated carbocycles. The quantitative estimate of drug-likeness (QED) is 0.314. The molecule has 0 N–H and O–H groups in total. The van der Waals surface area contributed by atoms with Crippen LogP contribution in [0.4, 0.5) is 26.3 Å². The standard InChI is InChI=1S/C24H24F6O2/c1-3-5-14-6-8-15(9-7-14)16-10-12-19(23(28)20(16)25)32-24(29,30)17-11-13-18(31-4-2)22(27)21(17)26/h3,5,10-15H,4,6-9H2,1-2H3. The molecule has 1 fully saturated rings. The topological polar surface area (TPSA) is 18.5 Å². The second-order valence-corrected chi connectivity index (χ2v) is 7.71. The Balaban J connectivity index is 1.82. The molecule has 0 radical (unpaired) electrons. The van der Waals surface area contributed by atoms with Gasteiger partial charge in [0.15, 0.2) is 23.1 Å². The maximum Gasteiger partial charge on any atom is 0.429 e. The first-order chi connectivity index (χ1) is 15.2. The van der Waals surface area contributed by atoms with Crippen LogP contribution in [0.3, 0.4) is 0 Å². The zero-order chi connectivity index (χ0) is 23.5. The van der Waals surface area contributed by atoms with Crippen LogP contribution in [0.1, 0.15) is 56.6 Å². The van der Waals surface area contributed by atoms with E-state index in [4.69, 9.17) is 4.74 Å². The molecule has 0 saturated heterocycles. The zero-order valence-electron chi connectivity index (χ0n) is 17.7. The van der Waals surface area contributed by atoms with Crippen LogP contribution in [0, 0.1) is 29.2 Å². The average molecular weight is 458 g/mol. The van der Waals surface area contributed by atoms with Gasteiger partial charge in [-0.15, -0.1) is 0 Å². The van der Waals surface area contributed by atoms with Crippen molar-refractivity contribution in [3.8, 4) is 11.5 Å². The molecule has 0 aromatic heterocycles. The molecular formula is C24H24F6O2. The first kappa shape index (κ1) is 24.0. The average Bonchev–Trinajstić information content (AvgIpc) is 2.76. The van der Waals surface area contributed by atoms with Crippen LogP contribution in [-0.4, -0.2) is 6.61 Å². The summed E-state index contributed by atoms with van der Waals surface area (Å²) in [5.41, 5.74) is -1.36. The summed E-state index contributed by atoms with van der Waals surface area (Å²) in [6.07, 6.45) is 2.49. The van der Waals surface area contributed by atoms with E-state index in [1.54, 1.807) is 0 Å². The Hall–Kier alpha value is -2.64. The molecule has 0 amide bonds. The molecule has 2 aromatic carbocycles. The van der Waals surface area contributed by atoms with Gasteiger partial charge in [0.2, 0.25) is 11.6 Å². The summed E-state index contributed by atoms with van der Waals surface area (Å²) in [5.74, 6) is -7.87. The minimum atomic E-state index is -4.45. The number of alkyl halides is 2. The van der Waals surface area contributed by atoms with Gasteiger partial charge in [0.1, 0.15) is 5.56 Å². The van der Waals surface area contributed by atoms with Gasteiger partial charge >= 0.3 is 6.11 Å². The lowest BCUT2D eigenvalue weighted by molar-refractivity contribution is -0.189. The van der Waals surface area contributed by atoms with E-state index in [9.17, 15) is 26.3 Å². The molecule has 0 spiro atoms. The summed E-state index contributed by atoms with van der Waals surface area (Å²) in [6, 6.07) is 3.50. The normalized spacial score (nSPS) is 19.4. The highest BCUT2D eigenvalue weighted by Gasteiger charge is 2.41. The Kier molecular flexibility index (Phi) is 7.41. The van der Waals surface area contributed by atoms with Crippen molar-refractivity contribution in [1.82, 2.24) is 0 Å². The third kappa shape index (κ3) is 4.89. The number of allylic oxidation sites excluding steroid dienone is 2. The zero-order valence-corrected chi connectivity index (χ0v) is 17.7. The fourth-order valence-electron chi connectivity index (χ4n) is 4.05. The minimum absolute atomic E-state index is 0.00358. The lowest BCUT2D eigenvalue weighted by atomic mass is 9.78. The molecule has 0 atom stereocenters. The number of benzene rings is 2. The Morgan fingerprint density at radius 3 is 2.12 bits per heavy atom. The van der Waals surface area contributed by atoms with Gasteiger partial charge in [-0.3, -0.25) is 0 Å². The molecule has 174 valence electrons. The van der Waals surface area contributed by atoms with Crippen molar-refractivity contribution >= 4 is 0 Å². The van der Waals surface area contributed by atoms with E-state index in [1.807, 2.05) is 13.0 Å². The maximum atomic E-state index is 14.7. The van der Waals surface area contributed by atoms with Crippen LogP contribution >= 0.6 is 0 Å². The highest BCUT2D eigenvalue weighted by molar-refractivity contribution is 5.36. The van der Waals surface area contributed by atoms with Crippen molar-refractivity contribution in [2.24, 2.45) is 5.92 Å². The summed E-state index contributed by atoms with van der Waals surface area (Å²) in [6.45, 7) is 3.43. The lowest BCUT2D eigenvalue weighted by Crippen LogP contribution is -2.25. The van der Waals surface area contributed by atoms with Crippen molar-refractivity contribution in [2.45, 2.75) is 51.6 Å². The molecule has 8 heteroatoms. The second kappa shape index (κ2) is 9.88. The van der Waals surface area contributed by atoms with Gasteiger partial charge in [-0.1, -0.05) is 18.2 Å². The molecule has 0 bridgehead atoms. The van der Waals surface area contributed by atoms with E-state index in [1.165, 1.54) is 13.0 Å². The first-order valence-corrected chi connectivity index (χ1v) is 10.5. The van der Waals surface area contributed by atoms with Gasteiger partial charge in [0.25, 0.3) is 0 Å². The van der Waals surface area contributed by atoms with Crippen LogP contribution in [0.5, 0.6) is 11.5 Å². The summed E-state index contributed by atoms with van der Waals surface area (Å²) in [7, 11) is 0. The van der Waals surface area contributed by atoms with E-state index in [0.29, 0.717) is 24.8 Å². The van der Waals surface area contributed by atoms with Gasteiger partial charge in [-0.05, 0) is 75.1 Å². The van der Waals surface area contributed by atoms with E-state index < -0.39 is 46.4 Å². The van der Waals surface area contributed by atoms with Gasteiger partial charge in [0.05, 0.1) is 6.61 Å². The van der Waals surface area contributed by atoms with Crippen LogP contribution < -0.4 is 9.47 Å². The van der Waals surface area contributed by atoms with E-state index in [0.717, 1.165) is 25.0 Å². The molecule has 0 aliphatic heterocycles. The van der Waals surface area contributed by atoms with Crippen molar-refractivity contribution in [1.29, 1.82) is 0 Å². The molecule has 1 aliphatic rings. The number of rotatable bonds is 7. The van der Waals surface area contributed by atoms with Gasteiger partial charge in [-0.25, -0.2) is 8.78 Å². The number of halogens is 6. The fourth-order valence-corrected chi connectivity index (χ4v) is 4.05. The van der Waals surface area contributed by atoms with Crippen molar-refractivity contribution in [3.63, 3.8) is 0 Å². The third-order valence-electron chi connectivity index (χ3n) is 5.65. The molecule has 0 heterocycles. The molecule has 2 nitrogen and oxygen atoms in total. The Morgan fingerprint density at radius 2 is 1.50 bits per heavy atom. The predicted molar refractivity (Wildman–Crippen MR) is 108 cm³/mol. The molecule has 0 unspecified atom stereocenters. The van der Waals surface area contributed by atoms with E-state index in [2.05, 4.69) is 10.8 Å². The summed E-state index contributed by atoms with van der Waals surface area (Å²) in [4.78, 5) is 0. The Labute approximate surface area is 182 Å². The third-order valence-corrected chi connectivity index (χ3v) is 5.65. The van der Waals surface area contributed by atoms with E-state index >= 15 is 0 Å². The molecule has 3 rings (SSSR count). The Bertz CT molecular complexity index is 981. The smallest absolute Gasteiger partial charge is 0.429 e. The minimum Gasteiger partial charge on any atom is -0.491 e. The van der Waals surface area contributed by atoms with Gasteiger partial charge in [0, 0.05) is 0 Å². The molecule has 1 aliphatic carbocycles. The van der Waals surface area contributed by atoms with Gasteiger partial charge in [-0.2, -0.15) is 17.6 Å². The summed E-state index contributed by atoms with van der Waals surface area (Å²) in [5, 5.41) is 0. The molecular weight excluding hydrogens is 434 g/mol. The van der Waals surface area contributed by atoms with Crippen LogP contribution in [0.2, 0.25) is 0 Å². The molecule has 32 heavy (non-hydrogen) atoms. The van der Waals surface area contributed by atoms with E-state index in [-0.39, 0.29) is 18.1 Å². The lowest BCUT2D eigenvalue weighted by Gasteiger charge is -2.28. The van der Waals surface area contributed by atoms with Gasteiger partial charge < -0.3 is 9.47 Å². The first-order valence-electron chi connectivity index (χ1n) is 10.5. The van der Waals surface area contributed by atoms with Crippen LogP contribution in [0.25, 0.3) is 0 Å². The molecule has 2 aromatic rings. The predicted octanol–water partition coefficient (Wildman–Crippen LogP) is 7.62. The second-order valence-electron chi connectivity index (χ2n) is 7.71. The fraction of sp³-hybridized carbons (Fsp3) is 0.417. The monoisotopic (exact) mass is 458 g/mol. The highest BCUT2D eigenvalue weighted by Crippen LogP contribution is 2.41. The largest absolute Gasteiger partial charge is 0.491 e.